The summed E-state index contributed by atoms with van der Waals surface area (Å²) in [5.74, 6) is -0.0557. The van der Waals surface area contributed by atoms with E-state index < -0.39 is 0 Å². The number of rotatable bonds is 2. The Kier molecular flexibility index (Phi) is 2.95. The third kappa shape index (κ3) is 2.20. The second-order valence-corrected chi connectivity index (χ2v) is 3.84. The van der Waals surface area contributed by atoms with Crippen molar-refractivity contribution in [3.8, 4) is 11.3 Å². The molecule has 0 bridgehead atoms. The minimum atomic E-state index is -0.370. The summed E-state index contributed by atoms with van der Waals surface area (Å²) in [6.07, 6.45) is 0. The molecule has 3 nitrogen and oxygen atoms in total. The van der Waals surface area contributed by atoms with Gasteiger partial charge >= 0.3 is 0 Å². The zero-order valence-electron chi connectivity index (χ0n) is 9.61. The zero-order chi connectivity index (χ0) is 12.4. The average Bonchev–Trinajstić information content (AvgIpc) is 2.77. The summed E-state index contributed by atoms with van der Waals surface area (Å²) in [6, 6.07) is 9.42. The second-order valence-electron chi connectivity index (χ2n) is 3.84. The van der Waals surface area contributed by atoms with E-state index in [4.69, 9.17) is 4.42 Å². The van der Waals surface area contributed by atoms with Gasteiger partial charge in [0.05, 0.1) is 5.56 Å². The summed E-state index contributed by atoms with van der Waals surface area (Å²) in [5, 5.41) is 0. The van der Waals surface area contributed by atoms with Gasteiger partial charge in [-0.2, -0.15) is 0 Å². The Morgan fingerprint density at radius 2 is 1.88 bits per heavy atom. The minimum absolute atomic E-state index is 0.202. The maximum Gasteiger partial charge on any atom is 0.289 e. The SMILES string of the molecule is CN(C)C(=O)c1ccc(-c2ccccc2F)o1. The molecule has 4 heteroatoms. The molecule has 0 aliphatic heterocycles. The number of amides is 1. The predicted octanol–water partition coefficient (Wildman–Crippen LogP) is 2.79. The number of hydrogen-bond donors (Lipinski definition) is 0. The van der Waals surface area contributed by atoms with Gasteiger partial charge in [0.15, 0.2) is 5.76 Å². The highest BCUT2D eigenvalue weighted by Crippen LogP contribution is 2.24. The van der Waals surface area contributed by atoms with Crippen LogP contribution in [0.25, 0.3) is 11.3 Å². The fourth-order valence-corrected chi connectivity index (χ4v) is 1.48. The van der Waals surface area contributed by atoms with E-state index in [1.807, 2.05) is 0 Å². The predicted molar refractivity (Wildman–Crippen MR) is 62.1 cm³/mol. The molecule has 17 heavy (non-hydrogen) atoms. The van der Waals surface area contributed by atoms with Gasteiger partial charge in [-0.15, -0.1) is 0 Å². The van der Waals surface area contributed by atoms with Crippen LogP contribution in [0.3, 0.4) is 0 Å². The average molecular weight is 233 g/mol. The fourth-order valence-electron chi connectivity index (χ4n) is 1.48. The number of benzene rings is 1. The molecule has 0 aliphatic carbocycles. The molecule has 1 heterocycles. The van der Waals surface area contributed by atoms with Crippen LogP contribution < -0.4 is 0 Å². The van der Waals surface area contributed by atoms with Crippen LogP contribution >= 0.6 is 0 Å². The summed E-state index contributed by atoms with van der Waals surface area (Å²) in [7, 11) is 3.27. The van der Waals surface area contributed by atoms with Crippen LogP contribution in [-0.2, 0) is 0 Å². The molecule has 1 amide bonds. The lowest BCUT2D eigenvalue weighted by molar-refractivity contribution is 0.0797. The number of nitrogens with zero attached hydrogens (tertiary/aromatic N) is 1. The van der Waals surface area contributed by atoms with Crippen molar-refractivity contribution in [2.24, 2.45) is 0 Å². The van der Waals surface area contributed by atoms with Crippen molar-refractivity contribution in [1.82, 2.24) is 4.90 Å². The van der Waals surface area contributed by atoms with Crippen LogP contribution in [0.2, 0.25) is 0 Å². The molecule has 2 rings (SSSR count). The molecule has 0 saturated carbocycles. The van der Waals surface area contributed by atoms with Crippen molar-refractivity contribution in [1.29, 1.82) is 0 Å². The lowest BCUT2D eigenvalue weighted by Crippen LogP contribution is -2.20. The summed E-state index contributed by atoms with van der Waals surface area (Å²) in [5.41, 5.74) is 0.352. The summed E-state index contributed by atoms with van der Waals surface area (Å²) < 4.78 is 18.8. The lowest BCUT2D eigenvalue weighted by Gasteiger charge is -2.06. The summed E-state index contributed by atoms with van der Waals surface area (Å²) in [4.78, 5) is 13.0. The van der Waals surface area contributed by atoms with E-state index >= 15 is 0 Å². The van der Waals surface area contributed by atoms with Gasteiger partial charge in [-0.3, -0.25) is 4.79 Å². The van der Waals surface area contributed by atoms with Crippen molar-refractivity contribution in [2.45, 2.75) is 0 Å². The largest absolute Gasteiger partial charge is 0.451 e. The molecule has 2 aromatic rings. The Balaban J connectivity index is 2.37. The van der Waals surface area contributed by atoms with Crippen molar-refractivity contribution >= 4 is 5.91 Å². The van der Waals surface area contributed by atoms with Gasteiger partial charge in [-0.1, -0.05) is 12.1 Å². The number of halogens is 1. The van der Waals surface area contributed by atoms with E-state index in [1.165, 1.54) is 11.0 Å². The van der Waals surface area contributed by atoms with E-state index in [1.54, 1.807) is 44.4 Å². The zero-order valence-corrected chi connectivity index (χ0v) is 9.61. The maximum atomic E-state index is 13.5. The number of carbonyl (C=O) groups excluding carboxylic acids is 1. The van der Waals surface area contributed by atoms with E-state index in [-0.39, 0.29) is 17.5 Å². The minimum Gasteiger partial charge on any atom is -0.451 e. The highest BCUT2D eigenvalue weighted by Gasteiger charge is 2.15. The van der Waals surface area contributed by atoms with Crippen LogP contribution in [0.15, 0.2) is 40.8 Å². The van der Waals surface area contributed by atoms with Gasteiger partial charge in [-0.25, -0.2) is 4.39 Å². The molecule has 88 valence electrons. The van der Waals surface area contributed by atoms with Crippen LogP contribution in [0.4, 0.5) is 4.39 Å². The molecule has 0 radical (unpaired) electrons. The van der Waals surface area contributed by atoms with Crippen molar-refractivity contribution in [3.05, 3.63) is 48.0 Å². The van der Waals surface area contributed by atoms with Gasteiger partial charge in [0.25, 0.3) is 5.91 Å². The molecular formula is C13H12FNO2. The topological polar surface area (TPSA) is 33.5 Å². The first-order chi connectivity index (χ1) is 8.09. The Morgan fingerprint density at radius 3 is 2.53 bits per heavy atom. The molecule has 1 aromatic carbocycles. The fraction of sp³-hybridized carbons (Fsp3) is 0.154. The molecule has 0 aliphatic rings. The highest BCUT2D eigenvalue weighted by molar-refractivity contribution is 5.91. The van der Waals surface area contributed by atoms with E-state index in [0.717, 1.165) is 0 Å². The van der Waals surface area contributed by atoms with Gasteiger partial charge in [-0.05, 0) is 24.3 Å². The third-order valence-corrected chi connectivity index (χ3v) is 2.36. The summed E-state index contributed by atoms with van der Waals surface area (Å²) in [6.45, 7) is 0. The maximum absolute atomic E-state index is 13.5. The quantitative estimate of drug-likeness (QED) is 0.799. The molecule has 1 aromatic heterocycles. The smallest absolute Gasteiger partial charge is 0.289 e. The molecule has 0 spiro atoms. The molecule has 0 N–H and O–H groups in total. The Bertz CT molecular complexity index is 546. The first-order valence-corrected chi connectivity index (χ1v) is 5.16. The first-order valence-electron chi connectivity index (χ1n) is 5.16. The number of hydrogen-bond acceptors (Lipinski definition) is 2. The molecular weight excluding hydrogens is 221 g/mol. The number of furan rings is 1. The Hall–Kier alpha value is -2.10. The van der Waals surface area contributed by atoms with Crippen LogP contribution in [0, 0.1) is 5.82 Å². The first kappa shape index (κ1) is 11.4. The second kappa shape index (κ2) is 4.41. The van der Waals surface area contributed by atoms with Gasteiger partial charge in [0, 0.05) is 14.1 Å². The van der Waals surface area contributed by atoms with Crippen LogP contribution in [0.1, 0.15) is 10.6 Å². The van der Waals surface area contributed by atoms with E-state index in [9.17, 15) is 9.18 Å². The van der Waals surface area contributed by atoms with Crippen molar-refractivity contribution in [2.75, 3.05) is 14.1 Å². The van der Waals surface area contributed by atoms with E-state index in [0.29, 0.717) is 11.3 Å². The Morgan fingerprint density at radius 1 is 1.18 bits per heavy atom. The lowest BCUT2D eigenvalue weighted by atomic mass is 10.1. The monoisotopic (exact) mass is 233 g/mol. The normalized spacial score (nSPS) is 10.3. The van der Waals surface area contributed by atoms with Gasteiger partial charge in [0.2, 0.25) is 0 Å². The van der Waals surface area contributed by atoms with Crippen LogP contribution in [-0.4, -0.2) is 24.9 Å². The van der Waals surface area contributed by atoms with Gasteiger partial charge < -0.3 is 9.32 Å². The number of carbonyl (C=O) groups is 1. The molecule has 0 unspecified atom stereocenters. The van der Waals surface area contributed by atoms with Crippen LogP contribution in [0.5, 0.6) is 0 Å². The highest BCUT2D eigenvalue weighted by atomic mass is 19.1. The molecule has 0 fully saturated rings. The van der Waals surface area contributed by atoms with Crippen molar-refractivity contribution in [3.63, 3.8) is 0 Å². The molecule has 0 saturated heterocycles. The summed E-state index contributed by atoms with van der Waals surface area (Å²) >= 11 is 0. The molecule has 0 atom stereocenters. The standard InChI is InChI=1S/C13H12FNO2/c1-15(2)13(16)12-8-7-11(17-12)9-5-3-4-6-10(9)14/h3-8H,1-2H3. The van der Waals surface area contributed by atoms with Gasteiger partial charge in [0.1, 0.15) is 11.6 Å². The Labute approximate surface area is 98.5 Å². The van der Waals surface area contributed by atoms with E-state index in [2.05, 4.69) is 0 Å². The third-order valence-electron chi connectivity index (χ3n) is 2.36. The van der Waals surface area contributed by atoms with Crippen molar-refractivity contribution < 1.29 is 13.6 Å².